The van der Waals surface area contributed by atoms with Crippen LogP contribution in [0, 0.1) is 0 Å². The second-order valence-electron chi connectivity index (χ2n) is 4.35. The van der Waals surface area contributed by atoms with Crippen molar-refractivity contribution in [3.05, 3.63) is 27.7 Å². The lowest BCUT2D eigenvalue weighted by atomic mass is 10.2. The van der Waals surface area contributed by atoms with Gasteiger partial charge in [0.25, 0.3) is 0 Å². The molecular weight excluding hydrogens is 339 g/mol. The van der Waals surface area contributed by atoms with Crippen LogP contribution in [0.4, 0.5) is 0 Å². The molecule has 0 heterocycles. The minimum absolute atomic E-state index is 0.0139. The summed E-state index contributed by atoms with van der Waals surface area (Å²) in [6.07, 6.45) is 2.72. The molecule has 0 spiro atoms. The van der Waals surface area contributed by atoms with Crippen molar-refractivity contribution in [2.45, 2.75) is 30.8 Å². The lowest BCUT2D eigenvalue weighted by Gasteiger charge is -2.16. The lowest BCUT2D eigenvalue weighted by molar-refractivity contribution is 0.557. The van der Waals surface area contributed by atoms with Crippen molar-refractivity contribution in [1.29, 1.82) is 0 Å². The van der Waals surface area contributed by atoms with E-state index in [2.05, 4.69) is 4.72 Å². The number of rotatable bonds is 7. The first-order valence-electron chi connectivity index (χ1n) is 6.01. The second-order valence-corrected chi connectivity index (χ2v) is 7.80. The molecule has 1 atom stereocenters. The Kier molecular flexibility index (Phi) is 7.11. The number of sulfonamides is 1. The standard InChI is InChI=1S/C12H18Cl2N2O2S2/c1-8(5-6-19-2)16-20(17,18)11-4-3-10(13)9(7-15)12(11)14/h3-4,8,16H,5-7,15H2,1-2H3. The molecule has 0 aromatic heterocycles. The molecular formula is C12H18Cl2N2O2S2. The van der Waals surface area contributed by atoms with Crippen molar-refractivity contribution in [2.75, 3.05) is 12.0 Å². The van der Waals surface area contributed by atoms with Crippen LogP contribution in [-0.4, -0.2) is 26.5 Å². The molecule has 1 aromatic carbocycles. The summed E-state index contributed by atoms with van der Waals surface area (Å²) >= 11 is 13.7. The SMILES string of the molecule is CSCCC(C)NS(=O)(=O)c1ccc(Cl)c(CN)c1Cl. The molecule has 0 fully saturated rings. The summed E-state index contributed by atoms with van der Waals surface area (Å²) in [4.78, 5) is 0.0139. The summed E-state index contributed by atoms with van der Waals surface area (Å²) < 4.78 is 27.2. The molecule has 20 heavy (non-hydrogen) atoms. The summed E-state index contributed by atoms with van der Waals surface area (Å²) in [5.74, 6) is 0.881. The number of nitrogens with one attached hydrogen (secondary N) is 1. The predicted molar refractivity (Wildman–Crippen MR) is 87.1 cm³/mol. The minimum atomic E-state index is -3.68. The van der Waals surface area contributed by atoms with E-state index in [1.807, 2.05) is 13.2 Å². The van der Waals surface area contributed by atoms with E-state index in [-0.39, 0.29) is 22.5 Å². The van der Waals surface area contributed by atoms with E-state index < -0.39 is 10.0 Å². The molecule has 0 bridgehead atoms. The van der Waals surface area contributed by atoms with Gasteiger partial charge in [0.2, 0.25) is 10.0 Å². The molecule has 0 aliphatic rings. The van der Waals surface area contributed by atoms with Crippen molar-refractivity contribution < 1.29 is 8.42 Å². The Labute approximate surface area is 134 Å². The third-order valence-corrected chi connectivity index (χ3v) is 5.93. The van der Waals surface area contributed by atoms with Crippen molar-refractivity contribution in [2.24, 2.45) is 5.73 Å². The smallest absolute Gasteiger partial charge is 0.242 e. The highest BCUT2D eigenvalue weighted by atomic mass is 35.5. The molecule has 8 heteroatoms. The zero-order valence-electron chi connectivity index (χ0n) is 11.3. The highest BCUT2D eigenvalue weighted by molar-refractivity contribution is 7.98. The number of hydrogen-bond acceptors (Lipinski definition) is 4. The molecule has 1 unspecified atom stereocenters. The van der Waals surface area contributed by atoms with Gasteiger partial charge < -0.3 is 5.73 Å². The number of benzene rings is 1. The first-order chi connectivity index (χ1) is 9.33. The van der Waals surface area contributed by atoms with Gasteiger partial charge >= 0.3 is 0 Å². The predicted octanol–water partition coefficient (Wildman–Crippen LogP) is 2.87. The van der Waals surface area contributed by atoms with Gasteiger partial charge in [0.05, 0.1) is 5.02 Å². The Bertz CT molecular complexity index is 565. The van der Waals surface area contributed by atoms with Crippen LogP contribution in [0.25, 0.3) is 0 Å². The Hall–Kier alpha value is 0.0200. The third-order valence-electron chi connectivity index (χ3n) is 2.76. The zero-order valence-corrected chi connectivity index (χ0v) is 14.5. The largest absolute Gasteiger partial charge is 0.326 e. The number of thioether (sulfide) groups is 1. The topological polar surface area (TPSA) is 72.2 Å². The van der Waals surface area contributed by atoms with Gasteiger partial charge in [-0.1, -0.05) is 23.2 Å². The van der Waals surface area contributed by atoms with Crippen molar-refractivity contribution in [1.82, 2.24) is 4.72 Å². The van der Waals surface area contributed by atoms with Crippen molar-refractivity contribution in [3.8, 4) is 0 Å². The van der Waals surface area contributed by atoms with Gasteiger partial charge in [-0.15, -0.1) is 0 Å². The van der Waals surface area contributed by atoms with Crippen LogP contribution in [0.5, 0.6) is 0 Å². The Balaban J connectivity index is 3.04. The summed E-state index contributed by atoms with van der Waals surface area (Å²) in [5.41, 5.74) is 5.98. The fourth-order valence-corrected chi connectivity index (χ4v) is 4.45. The molecule has 1 rings (SSSR count). The van der Waals surface area contributed by atoms with E-state index in [1.165, 1.54) is 12.1 Å². The van der Waals surface area contributed by atoms with Gasteiger partial charge in [-0.05, 0) is 37.5 Å². The van der Waals surface area contributed by atoms with Gasteiger partial charge in [0, 0.05) is 23.2 Å². The molecule has 114 valence electrons. The minimum Gasteiger partial charge on any atom is -0.326 e. The van der Waals surface area contributed by atoms with Crippen LogP contribution < -0.4 is 10.5 Å². The first-order valence-corrected chi connectivity index (χ1v) is 9.65. The maximum absolute atomic E-state index is 12.3. The molecule has 0 amide bonds. The van der Waals surface area contributed by atoms with E-state index in [1.54, 1.807) is 11.8 Å². The molecule has 4 nitrogen and oxygen atoms in total. The quantitative estimate of drug-likeness (QED) is 0.787. The van der Waals surface area contributed by atoms with E-state index in [9.17, 15) is 8.42 Å². The van der Waals surface area contributed by atoms with Gasteiger partial charge in [0.15, 0.2) is 0 Å². The maximum Gasteiger partial charge on any atom is 0.242 e. The summed E-state index contributed by atoms with van der Waals surface area (Å²) in [5, 5.41) is 0.455. The molecule has 0 saturated heterocycles. The average molecular weight is 357 g/mol. The number of hydrogen-bond donors (Lipinski definition) is 2. The molecule has 0 saturated carbocycles. The summed E-state index contributed by atoms with van der Waals surface area (Å²) in [6, 6.07) is 2.73. The number of nitrogens with two attached hydrogens (primary N) is 1. The molecule has 0 aliphatic carbocycles. The molecule has 3 N–H and O–H groups in total. The fourth-order valence-electron chi connectivity index (χ4n) is 1.65. The first kappa shape index (κ1) is 18.1. The van der Waals surface area contributed by atoms with E-state index in [0.717, 1.165) is 12.2 Å². The Morgan fingerprint density at radius 2 is 2.05 bits per heavy atom. The monoisotopic (exact) mass is 356 g/mol. The van der Waals surface area contributed by atoms with Crippen LogP contribution in [0.1, 0.15) is 18.9 Å². The Morgan fingerprint density at radius 3 is 2.60 bits per heavy atom. The van der Waals surface area contributed by atoms with E-state index >= 15 is 0 Å². The maximum atomic E-state index is 12.3. The van der Waals surface area contributed by atoms with Crippen LogP contribution in [0.2, 0.25) is 10.0 Å². The van der Waals surface area contributed by atoms with Crippen LogP contribution in [-0.2, 0) is 16.6 Å². The summed E-state index contributed by atoms with van der Waals surface area (Å²) in [7, 11) is -3.68. The highest BCUT2D eigenvalue weighted by Gasteiger charge is 2.22. The second kappa shape index (κ2) is 7.87. The zero-order chi connectivity index (χ0) is 15.3. The van der Waals surface area contributed by atoms with Crippen molar-refractivity contribution >= 4 is 45.0 Å². The van der Waals surface area contributed by atoms with Crippen LogP contribution in [0.15, 0.2) is 17.0 Å². The average Bonchev–Trinajstić information content (AvgIpc) is 2.36. The van der Waals surface area contributed by atoms with Crippen molar-refractivity contribution in [3.63, 3.8) is 0 Å². The summed E-state index contributed by atoms with van der Waals surface area (Å²) in [6.45, 7) is 1.91. The Morgan fingerprint density at radius 1 is 1.40 bits per heavy atom. The van der Waals surface area contributed by atoms with Crippen LogP contribution in [0.3, 0.4) is 0 Å². The highest BCUT2D eigenvalue weighted by Crippen LogP contribution is 2.30. The third kappa shape index (κ3) is 4.51. The number of halogens is 2. The van der Waals surface area contributed by atoms with Gasteiger partial charge in [-0.3, -0.25) is 0 Å². The molecule has 1 aromatic rings. The van der Waals surface area contributed by atoms with Crippen LogP contribution >= 0.6 is 35.0 Å². The molecule has 0 radical (unpaired) electrons. The normalized spacial score (nSPS) is 13.4. The van der Waals surface area contributed by atoms with Gasteiger partial charge in [-0.2, -0.15) is 11.8 Å². The van der Waals surface area contributed by atoms with Gasteiger partial charge in [-0.25, -0.2) is 13.1 Å². The lowest BCUT2D eigenvalue weighted by Crippen LogP contribution is -2.33. The molecule has 0 aliphatic heterocycles. The fraction of sp³-hybridized carbons (Fsp3) is 0.500. The van der Waals surface area contributed by atoms with E-state index in [4.69, 9.17) is 28.9 Å². The van der Waals surface area contributed by atoms with Gasteiger partial charge in [0.1, 0.15) is 4.90 Å². The van der Waals surface area contributed by atoms with E-state index in [0.29, 0.717) is 10.6 Å².